The summed E-state index contributed by atoms with van der Waals surface area (Å²) in [6.07, 6.45) is 4.33. The van der Waals surface area contributed by atoms with Gasteiger partial charge in [0.05, 0.1) is 11.9 Å². The van der Waals surface area contributed by atoms with Crippen molar-refractivity contribution in [1.29, 1.82) is 0 Å². The molecule has 4 nitrogen and oxygen atoms in total. The lowest BCUT2D eigenvalue weighted by Crippen LogP contribution is -1.98. The minimum Gasteiger partial charge on any atom is -0.478 e. The number of rotatable bonds is 3. The fourth-order valence-electron chi connectivity index (χ4n) is 1.69. The standard InChI is InChI=1S/C14H14N2O2/c1-10-3-6-13(7-4-10)16-11(2)12(9-15-16)5-8-14(17)18/h3-9H,1-2H3,(H,17,18)/b8-5+. The molecule has 2 aromatic rings. The molecule has 0 fully saturated rings. The average Bonchev–Trinajstić information content (AvgIpc) is 2.69. The van der Waals surface area contributed by atoms with Crippen LogP contribution in [0.15, 0.2) is 36.5 Å². The molecule has 4 heteroatoms. The largest absolute Gasteiger partial charge is 0.478 e. The van der Waals surface area contributed by atoms with Crippen LogP contribution < -0.4 is 0 Å². The number of aryl methyl sites for hydroxylation is 1. The fourth-order valence-corrected chi connectivity index (χ4v) is 1.69. The van der Waals surface area contributed by atoms with E-state index in [1.54, 1.807) is 17.0 Å². The van der Waals surface area contributed by atoms with Crippen molar-refractivity contribution in [3.05, 3.63) is 53.4 Å². The molecule has 0 atom stereocenters. The summed E-state index contributed by atoms with van der Waals surface area (Å²) < 4.78 is 1.79. The van der Waals surface area contributed by atoms with E-state index >= 15 is 0 Å². The Kier molecular flexibility index (Phi) is 3.28. The van der Waals surface area contributed by atoms with Crippen LogP contribution in [0.2, 0.25) is 0 Å². The molecule has 1 aromatic carbocycles. The van der Waals surface area contributed by atoms with E-state index < -0.39 is 5.97 Å². The number of carboxylic acid groups (broad SMARTS) is 1. The van der Waals surface area contributed by atoms with Crippen LogP contribution in [-0.4, -0.2) is 20.9 Å². The summed E-state index contributed by atoms with van der Waals surface area (Å²) in [6.45, 7) is 3.94. The van der Waals surface area contributed by atoms with Crippen molar-refractivity contribution in [2.75, 3.05) is 0 Å². The Labute approximate surface area is 105 Å². The van der Waals surface area contributed by atoms with Gasteiger partial charge < -0.3 is 5.11 Å². The van der Waals surface area contributed by atoms with Gasteiger partial charge in [0.25, 0.3) is 0 Å². The second kappa shape index (κ2) is 4.87. The van der Waals surface area contributed by atoms with E-state index in [0.29, 0.717) is 0 Å². The maximum Gasteiger partial charge on any atom is 0.328 e. The van der Waals surface area contributed by atoms with Crippen LogP contribution >= 0.6 is 0 Å². The Bertz CT molecular complexity index is 595. The zero-order valence-electron chi connectivity index (χ0n) is 10.3. The van der Waals surface area contributed by atoms with Gasteiger partial charge in [-0.3, -0.25) is 0 Å². The summed E-state index contributed by atoms with van der Waals surface area (Å²) in [4.78, 5) is 10.5. The van der Waals surface area contributed by atoms with Gasteiger partial charge in [-0.05, 0) is 32.1 Å². The number of nitrogens with zero attached hydrogens (tertiary/aromatic N) is 2. The first kappa shape index (κ1) is 12.1. The monoisotopic (exact) mass is 242 g/mol. The number of carboxylic acids is 1. The first-order valence-corrected chi connectivity index (χ1v) is 5.60. The van der Waals surface area contributed by atoms with E-state index in [4.69, 9.17) is 5.11 Å². The van der Waals surface area contributed by atoms with Crippen molar-refractivity contribution in [3.8, 4) is 5.69 Å². The topological polar surface area (TPSA) is 55.1 Å². The minimum atomic E-state index is -0.961. The molecular formula is C14H14N2O2. The van der Waals surface area contributed by atoms with E-state index in [0.717, 1.165) is 23.0 Å². The quantitative estimate of drug-likeness (QED) is 0.842. The molecule has 92 valence electrons. The van der Waals surface area contributed by atoms with Crippen molar-refractivity contribution in [2.45, 2.75) is 13.8 Å². The Hall–Kier alpha value is -2.36. The van der Waals surface area contributed by atoms with Crippen LogP contribution in [0.1, 0.15) is 16.8 Å². The van der Waals surface area contributed by atoms with Gasteiger partial charge in [-0.1, -0.05) is 17.7 Å². The molecule has 0 unspecified atom stereocenters. The van der Waals surface area contributed by atoms with Crippen molar-refractivity contribution < 1.29 is 9.90 Å². The van der Waals surface area contributed by atoms with Gasteiger partial charge in [-0.25, -0.2) is 9.48 Å². The SMILES string of the molecule is Cc1ccc(-n2ncc(/C=C/C(=O)O)c2C)cc1. The number of hydrogen-bond donors (Lipinski definition) is 1. The zero-order chi connectivity index (χ0) is 13.1. The van der Waals surface area contributed by atoms with Crippen LogP contribution in [0.5, 0.6) is 0 Å². The highest BCUT2D eigenvalue weighted by Gasteiger charge is 2.05. The Morgan fingerprint density at radius 3 is 2.56 bits per heavy atom. The lowest BCUT2D eigenvalue weighted by atomic mass is 10.2. The third kappa shape index (κ3) is 2.48. The molecule has 0 aliphatic rings. The maximum absolute atomic E-state index is 10.5. The van der Waals surface area contributed by atoms with Gasteiger partial charge in [0, 0.05) is 17.3 Å². The molecule has 1 heterocycles. The number of hydrogen-bond acceptors (Lipinski definition) is 2. The highest BCUT2D eigenvalue weighted by atomic mass is 16.4. The molecule has 0 aliphatic carbocycles. The Balaban J connectivity index is 2.36. The molecule has 0 aliphatic heterocycles. The molecule has 0 bridgehead atoms. The van der Waals surface area contributed by atoms with Crippen LogP contribution in [0.3, 0.4) is 0 Å². The van der Waals surface area contributed by atoms with E-state index in [1.165, 1.54) is 5.56 Å². The predicted octanol–water partition coefficient (Wildman–Crippen LogP) is 2.59. The van der Waals surface area contributed by atoms with Crippen LogP contribution in [-0.2, 0) is 4.79 Å². The number of aromatic nitrogens is 2. The lowest BCUT2D eigenvalue weighted by Gasteiger charge is -2.04. The van der Waals surface area contributed by atoms with Crippen LogP contribution in [0.4, 0.5) is 0 Å². The molecule has 0 saturated heterocycles. The lowest BCUT2D eigenvalue weighted by molar-refractivity contribution is -0.131. The Morgan fingerprint density at radius 1 is 1.28 bits per heavy atom. The smallest absolute Gasteiger partial charge is 0.328 e. The maximum atomic E-state index is 10.5. The summed E-state index contributed by atoms with van der Waals surface area (Å²) in [6, 6.07) is 8.01. The summed E-state index contributed by atoms with van der Waals surface area (Å²) >= 11 is 0. The van der Waals surface area contributed by atoms with Gasteiger partial charge in [0.1, 0.15) is 0 Å². The van der Waals surface area contributed by atoms with E-state index in [-0.39, 0.29) is 0 Å². The molecule has 0 radical (unpaired) electrons. The normalized spacial score (nSPS) is 11.0. The van der Waals surface area contributed by atoms with Crippen molar-refractivity contribution in [3.63, 3.8) is 0 Å². The second-order valence-electron chi connectivity index (χ2n) is 4.10. The molecule has 1 N–H and O–H groups in total. The van der Waals surface area contributed by atoms with Crippen LogP contribution in [0, 0.1) is 13.8 Å². The molecule has 0 amide bonds. The summed E-state index contributed by atoms with van der Waals surface area (Å²) in [7, 11) is 0. The third-order valence-electron chi connectivity index (χ3n) is 2.73. The van der Waals surface area contributed by atoms with Crippen molar-refractivity contribution in [2.24, 2.45) is 0 Å². The van der Waals surface area contributed by atoms with E-state index in [2.05, 4.69) is 5.10 Å². The summed E-state index contributed by atoms with van der Waals surface area (Å²) in [5.74, 6) is -0.961. The highest BCUT2D eigenvalue weighted by molar-refractivity contribution is 5.85. The molecular weight excluding hydrogens is 228 g/mol. The third-order valence-corrected chi connectivity index (χ3v) is 2.73. The van der Waals surface area contributed by atoms with Gasteiger partial charge in [0.15, 0.2) is 0 Å². The molecule has 1 aromatic heterocycles. The zero-order valence-corrected chi connectivity index (χ0v) is 10.3. The molecule has 18 heavy (non-hydrogen) atoms. The molecule has 0 spiro atoms. The number of carbonyl (C=O) groups is 1. The number of benzene rings is 1. The highest BCUT2D eigenvalue weighted by Crippen LogP contribution is 2.15. The summed E-state index contributed by atoms with van der Waals surface area (Å²) in [5.41, 5.74) is 3.87. The van der Waals surface area contributed by atoms with Gasteiger partial charge in [-0.2, -0.15) is 5.10 Å². The van der Waals surface area contributed by atoms with E-state index in [1.807, 2.05) is 38.1 Å². The average molecular weight is 242 g/mol. The van der Waals surface area contributed by atoms with Gasteiger partial charge in [-0.15, -0.1) is 0 Å². The van der Waals surface area contributed by atoms with Crippen molar-refractivity contribution in [1.82, 2.24) is 9.78 Å². The van der Waals surface area contributed by atoms with Gasteiger partial charge >= 0.3 is 5.97 Å². The minimum absolute atomic E-state index is 0.804. The second-order valence-corrected chi connectivity index (χ2v) is 4.10. The Morgan fingerprint density at radius 2 is 1.94 bits per heavy atom. The summed E-state index contributed by atoms with van der Waals surface area (Å²) in [5, 5.41) is 12.9. The van der Waals surface area contributed by atoms with Gasteiger partial charge in [0.2, 0.25) is 0 Å². The fraction of sp³-hybridized carbons (Fsp3) is 0.143. The van der Waals surface area contributed by atoms with Crippen molar-refractivity contribution >= 4 is 12.0 Å². The molecule has 0 saturated carbocycles. The first-order chi connectivity index (χ1) is 8.58. The number of aliphatic carboxylic acids is 1. The first-order valence-electron chi connectivity index (χ1n) is 5.60. The van der Waals surface area contributed by atoms with E-state index in [9.17, 15) is 4.79 Å². The van der Waals surface area contributed by atoms with Crippen LogP contribution in [0.25, 0.3) is 11.8 Å². The predicted molar refractivity (Wildman–Crippen MR) is 69.7 cm³/mol. The molecule has 2 rings (SSSR count).